The Morgan fingerprint density at radius 3 is 3.27 bits per heavy atom. The number of rotatable bonds is 1. The molecule has 2 heterocycles. The Hall–Kier alpha value is -1.69. The molecule has 0 atom stereocenters. The van der Waals surface area contributed by atoms with Gasteiger partial charge in [-0.3, -0.25) is 0 Å². The van der Waals surface area contributed by atoms with E-state index in [1.54, 1.807) is 16.8 Å². The van der Waals surface area contributed by atoms with E-state index in [2.05, 4.69) is 20.5 Å². The molecule has 0 unspecified atom stereocenters. The Morgan fingerprint density at radius 1 is 1.55 bits per heavy atom. The van der Waals surface area contributed by atoms with Crippen molar-refractivity contribution in [3.63, 3.8) is 0 Å². The fourth-order valence-electron chi connectivity index (χ4n) is 0.796. The predicted molar refractivity (Wildman–Crippen MR) is 38.6 cm³/mol. The van der Waals surface area contributed by atoms with Crippen molar-refractivity contribution in [1.82, 2.24) is 19.6 Å². The molecule has 2 aromatic rings. The molecular weight excluding hydrogens is 144 g/mol. The van der Waals surface area contributed by atoms with Gasteiger partial charge in [-0.25, -0.2) is 10.4 Å². The molecule has 0 radical (unpaired) electrons. The maximum Gasteiger partial charge on any atom is 0.254 e. The highest BCUT2D eigenvalue weighted by atomic mass is 15.3. The summed E-state index contributed by atoms with van der Waals surface area (Å²) in [5, 5.41) is 3.87. The second kappa shape index (κ2) is 2.17. The lowest BCUT2D eigenvalue weighted by Gasteiger charge is -1.96. The van der Waals surface area contributed by atoms with E-state index in [-0.39, 0.29) is 0 Å². The lowest BCUT2D eigenvalue weighted by atomic mass is 10.6. The lowest BCUT2D eigenvalue weighted by Crippen LogP contribution is -2.09. The van der Waals surface area contributed by atoms with Crippen molar-refractivity contribution in [2.24, 2.45) is 5.84 Å². The van der Waals surface area contributed by atoms with E-state index in [1.807, 2.05) is 0 Å². The standard InChI is InChI=1S/C5H6N6/c6-10-4-1-2-11-5(9-4)7-3-8-11/h1-3H,6H2,(H,7,8,9,10). The highest BCUT2D eigenvalue weighted by Crippen LogP contribution is 2.00. The van der Waals surface area contributed by atoms with E-state index in [0.29, 0.717) is 11.6 Å². The van der Waals surface area contributed by atoms with Gasteiger partial charge in [0.15, 0.2) is 0 Å². The molecule has 0 aliphatic rings. The number of nitrogens with one attached hydrogen (secondary N) is 1. The average Bonchev–Trinajstić information content (AvgIpc) is 2.50. The summed E-state index contributed by atoms with van der Waals surface area (Å²) in [6.07, 6.45) is 3.16. The van der Waals surface area contributed by atoms with E-state index in [0.717, 1.165) is 0 Å². The minimum atomic E-state index is 0.528. The van der Waals surface area contributed by atoms with Gasteiger partial charge in [0.25, 0.3) is 5.78 Å². The third-order valence-corrected chi connectivity index (χ3v) is 1.30. The molecule has 2 aromatic heterocycles. The van der Waals surface area contributed by atoms with Gasteiger partial charge >= 0.3 is 0 Å². The number of hydrazine groups is 1. The van der Waals surface area contributed by atoms with Crippen molar-refractivity contribution in [2.45, 2.75) is 0 Å². The molecule has 0 fully saturated rings. The first-order chi connectivity index (χ1) is 5.40. The molecule has 2 rings (SSSR count). The van der Waals surface area contributed by atoms with Crippen LogP contribution < -0.4 is 11.3 Å². The molecule has 0 saturated heterocycles. The van der Waals surface area contributed by atoms with Gasteiger partial charge in [-0.05, 0) is 0 Å². The quantitative estimate of drug-likeness (QED) is 0.419. The maximum atomic E-state index is 5.14. The summed E-state index contributed by atoms with van der Waals surface area (Å²) in [5.41, 5.74) is 2.42. The monoisotopic (exact) mass is 150 g/mol. The van der Waals surface area contributed by atoms with Gasteiger partial charge in [0, 0.05) is 12.3 Å². The van der Waals surface area contributed by atoms with E-state index < -0.39 is 0 Å². The molecule has 0 aromatic carbocycles. The molecule has 0 bridgehead atoms. The van der Waals surface area contributed by atoms with Gasteiger partial charge in [-0.2, -0.15) is 15.1 Å². The molecule has 0 aliphatic carbocycles. The van der Waals surface area contributed by atoms with Crippen molar-refractivity contribution in [2.75, 3.05) is 5.43 Å². The number of aromatic nitrogens is 4. The second-order valence-electron chi connectivity index (χ2n) is 1.96. The van der Waals surface area contributed by atoms with Crippen LogP contribution in [0.25, 0.3) is 5.78 Å². The molecule has 0 aliphatic heterocycles. The van der Waals surface area contributed by atoms with Gasteiger partial charge in [0.05, 0.1) is 0 Å². The summed E-state index contributed by atoms with van der Waals surface area (Å²) >= 11 is 0. The molecule has 56 valence electrons. The lowest BCUT2D eigenvalue weighted by molar-refractivity contribution is 0.938. The van der Waals surface area contributed by atoms with Gasteiger partial charge in [-0.15, -0.1) is 0 Å². The molecule has 0 amide bonds. The maximum absolute atomic E-state index is 5.14. The van der Waals surface area contributed by atoms with Crippen LogP contribution in [0.5, 0.6) is 0 Å². The highest BCUT2D eigenvalue weighted by Gasteiger charge is 1.95. The van der Waals surface area contributed by atoms with Crippen LogP contribution in [0.15, 0.2) is 18.6 Å². The Labute approximate surface area is 62.0 Å². The number of nitrogen functional groups attached to an aromatic ring is 1. The van der Waals surface area contributed by atoms with Crippen LogP contribution in [0, 0.1) is 0 Å². The first-order valence-corrected chi connectivity index (χ1v) is 3.03. The fraction of sp³-hybridized carbons (Fsp3) is 0. The van der Waals surface area contributed by atoms with E-state index in [4.69, 9.17) is 5.84 Å². The number of fused-ring (bicyclic) bond motifs is 1. The molecule has 6 nitrogen and oxygen atoms in total. The number of hydrogen-bond donors (Lipinski definition) is 2. The summed E-state index contributed by atoms with van der Waals surface area (Å²) in [7, 11) is 0. The third kappa shape index (κ3) is 0.887. The van der Waals surface area contributed by atoms with Crippen molar-refractivity contribution in [3.05, 3.63) is 18.6 Å². The summed E-state index contributed by atoms with van der Waals surface area (Å²) in [5.74, 6) is 6.24. The number of nitrogens with two attached hydrogens (primary N) is 1. The first-order valence-electron chi connectivity index (χ1n) is 3.03. The first kappa shape index (κ1) is 6.05. The normalized spacial score (nSPS) is 10.3. The number of nitrogens with zero attached hydrogens (tertiary/aromatic N) is 4. The fourth-order valence-corrected chi connectivity index (χ4v) is 0.796. The van der Waals surface area contributed by atoms with E-state index >= 15 is 0 Å². The molecule has 0 saturated carbocycles. The summed E-state index contributed by atoms with van der Waals surface area (Å²) < 4.78 is 1.56. The molecule has 0 spiro atoms. The van der Waals surface area contributed by atoms with Crippen molar-refractivity contribution < 1.29 is 0 Å². The zero-order valence-corrected chi connectivity index (χ0v) is 5.60. The number of anilines is 1. The van der Waals surface area contributed by atoms with Gasteiger partial charge in [0.2, 0.25) is 0 Å². The van der Waals surface area contributed by atoms with Crippen LogP contribution in [0.3, 0.4) is 0 Å². The third-order valence-electron chi connectivity index (χ3n) is 1.30. The summed E-state index contributed by atoms with van der Waals surface area (Å²) in [4.78, 5) is 7.88. The van der Waals surface area contributed by atoms with Gasteiger partial charge < -0.3 is 5.43 Å². The molecular formula is C5H6N6. The van der Waals surface area contributed by atoms with Gasteiger partial charge in [0.1, 0.15) is 12.1 Å². The molecule has 3 N–H and O–H groups in total. The molecule has 11 heavy (non-hydrogen) atoms. The van der Waals surface area contributed by atoms with Crippen LogP contribution in [0.4, 0.5) is 5.82 Å². The van der Waals surface area contributed by atoms with Crippen LogP contribution in [0.2, 0.25) is 0 Å². The van der Waals surface area contributed by atoms with Crippen molar-refractivity contribution >= 4 is 11.6 Å². The topological polar surface area (TPSA) is 81.1 Å². The van der Waals surface area contributed by atoms with Crippen molar-refractivity contribution in [1.29, 1.82) is 0 Å². The SMILES string of the molecule is NNc1ccn2ncnc2n1. The van der Waals surface area contributed by atoms with Gasteiger partial charge in [-0.1, -0.05) is 0 Å². The Kier molecular flexibility index (Phi) is 1.19. The Bertz CT molecular complexity index is 366. The summed E-state index contributed by atoms with van der Waals surface area (Å²) in [6.45, 7) is 0. The minimum absolute atomic E-state index is 0.528. The van der Waals surface area contributed by atoms with Crippen LogP contribution in [-0.2, 0) is 0 Å². The second-order valence-corrected chi connectivity index (χ2v) is 1.96. The zero-order chi connectivity index (χ0) is 7.68. The minimum Gasteiger partial charge on any atom is -0.308 e. The summed E-state index contributed by atoms with van der Waals surface area (Å²) in [6, 6.07) is 1.71. The Morgan fingerprint density at radius 2 is 2.45 bits per heavy atom. The average molecular weight is 150 g/mol. The van der Waals surface area contributed by atoms with E-state index in [9.17, 15) is 0 Å². The van der Waals surface area contributed by atoms with Crippen LogP contribution in [0.1, 0.15) is 0 Å². The number of hydrogen-bond acceptors (Lipinski definition) is 5. The largest absolute Gasteiger partial charge is 0.308 e. The zero-order valence-electron chi connectivity index (χ0n) is 5.60. The predicted octanol–water partition coefficient (Wildman–Crippen LogP) is -0.590. The Balaban J connectivity index is 2.67. The smallest absolute Gasteiger partial charge is 0.254 e. The van der Waals surface area contributed by atoms with Crippen LogP contribution in [-0.4, -0.2) is 19.6 Å². The molecule has 6 heteroatoms. The van der Waals surface area contributed by atoms with Crippen molar-refractivity contribution in [3.8, 4) is 0 Å². The highest BCUT2D eigenvalue weighted by molar-refractivity contribution is 5.39. The van der Waals surface area contributed by atoms with Crippen LogP contribution >= 0.6 is 0 Å². The van der Waals surface area contributed by atoms with E-state index in [1.165, 1.54) is 6.33 Å².